The number of ether oxygens (including phenoxy) is 1. The van der Waals surface area contributed by atoms with Gasteiger partial charge in [-0.15, -0.1) is 0 Å². The van der Waals surface area contributed by atoms with Gasteiger partial charge in [-0.25, -0.2) is 4.79 Å². The summed E-state index contributed by atoms with van der Waals surface area (Å²) in [4.78, 5) is 53.2. The maximum atomic E-state index is 13.2. The Bertz CT molecular complexity index is 1370. The summed E-state index contributed by atoms with van der Waals surface area (Å²) < 4.78 is 6.35. The predicted octanol–water partition coefficient (Wildman–Crippen LogP) is 2.64. The molecule has 188 valence electrons. The fourth-order valence-electron chi connectivity index (χ4n) is 3.89. The van der Waals surface area contributed by atoms with Crippen molar-refractivity contribution < 1.29 is 14.3 Å². The third-order valence-corrected chi connectivity index (χ3v) is 6.10. The Kier molecular flexibility index (Phi) is 7.65. The summed E-state index contributed by atoms with van der Waals surface area (Å²) in [6, 6.07) is 15.9. The lowest BCUT2D eigenvalue weighted by Crippen LogP contribution is -2.36. The molecule has 0 radical (unpaired) electrons. The van der Waals surface area contributed by atoms with Crippen molar-refractivity contribution in [2.24, 2.45) is 11.8 Å². The van der Waals surface area contributed by atoms with Gasteiger partial charge < -0.3 is 20.7 Å². The highest BCUT2D eigenvalue weighted by atomic mass is 16.5. The number of nitrogens with zero attached hydrogens (tertiary/aromatic N) is 1. The van der Waals surface area contributed by atoms with Gasteiger partial charge in [-0.2, -0.15) is 0 Å². The number of carbonyl (C=O) groups is 2. The molecule has 0 saturated heterocycles. The highest BCUT2D eigenvalue weighted by Gasteiger charge is 2.39. The zero-order valence-corrected chi connectivity index (χ0v) is 20.2. The van der Waals surface area contributed by atoms with Crippen LogP contribution in [-0.2, 0) is 22.6 Å². The summed E-state index contributed by atoms with van der Waals surface area (Å²) in [5, 5.41) is 8.60. The van der Waals surface area contributed by atoms with E-state index < -0.39 is 17.2 Å². The fourth-order valence-corrected chi connectivity index (χ4v) is 3.89. The molecule has 1 fully saturated rings. The second kappa shape index (κ2) is 11.0. The lowest BCUT2D eigenvalue weighted by molar-refractivity contribution is -0.117. The van der Waals surface area contributed by atoms with Crippen molar-refractivity contribution in [2.75, 3.05) is 29.7 Å². The number of benzene rings is 2. The average Bonchev–Trinajstić information content (AvgIpc) is 3.61. The normalized spacial score (nSPS) is 16.3. The topological polar surface area (TPSA) is 134 Å². The Labute approximate surface area is 207 Å². The van der Waals surface area contributed by atoms with Crippen LogP contribution in [0.15, 0.2) is 64.2 Å². The average molecular weight is 492 g/mol. The standard InChI is InChI=1S/C26H29N5O5/c1-16-13-20(16)24(33)28-19-10-6-9-18(14-19)23(32)29-22-21(27-15-17-7-4-3-5-8-17)25(34)30-26(35)31(22)11-12-36-2/h3-10,14,16,20,27H,11-13,15H2,1-2H3,(H,28,33)(H,29,32)(H,30,34,35). The quantitative estimate of drug-likeness (QED) is 0.344. The van der Waals surface area contributed by atoms with Gasteiger partial charge in [0, 0.05) is 30.8 Å². The van der Waals surface area contributed by atoms with E-state index in [1.165, 1.54) is 11.7 Å². The molecule has 0 spiro atoms. The van der Waals surface area contributed by atoms with Crippen molar-refractivity contribution >= 4 is 29.0 Å². The van der Waals surface area contributed by atoms with Crippen LogP contribution in [0.4, 0.5) is 17.2 Å². The lowest BCUT2D eigenvalue weighted by atomic mass is 10.1. The molecule has 1 aromatic heterocycles. The zero-order valence-electron chi connectivity index (χ0n) is 20.2. The molecule has 1 aliphatic carbocycles. The van der Waals surface area contributed by atoms with E-state index >= 15 is 0 Å². The number of aromatic nitrogens is 2. The van der Waals surface area contributed by atoms with E-state index in [9.17, 15) is 19.2 Å². The Morgan fingerprint density at radius 3 is 2.53 bits per heavy atom. The number of aromatic amines is 1. The molecule has 10 nitrogen and oxygen atoms in total. The van der Waals surface area contributed by atoms with Crippen LogP contribution in [-0.4, -0.2) is 35.1 Å². The SMILES string of the molecule is COCCn1c(NC(=O)c2cccc(NC(=O)C3CC3C)c2)c(NCc2ccccc2)c(=O)[nH]c1=O. The van der Waals surface area contributed by atoms with Gasteiger partial charge in [-0.1, -0.05) is 43.3 Å². The first-order valence-corrected chi connectivity index (χ1v) is 11.7. The molecule has 2 atom stereocenters. The van der Waals surface area contributed by atoms with Crippen LogP contribution >= 0.6 is 0 Å². The number of rotatable bonds is 10. The number of amides is 2. The van der Waals surface area contributed by atoms with E-state index in [4.69, 9.17) is 4.74 Å². The number of H-pyrrole nitrogens is 1. The van der Waals surface area contributed by atoms with E-state index in [-0.39, 0.29) is 42.0 Å². The van der Waals surface area contributed by atoms with Crippen LogP contribution in [0, 0.1) is 11.8 Å². The van der Waals surface area contributed by atoms with Crippen LogP contribution in [0.2, 0.25) is 0 Å². The van der Waals surface area contributed by atoms with E-state index in [0.29, 0.717) is 18.2 Å². The molecular weight excluding hydrogens is 462 g/mol. The molecule has 2 aromatic carbocycles. The predicted molar refractivity (Wildman–Crippen MR) is 137 cm³/mol. The van der Waals surface area contributed by atoms with Gasteiger partial charge >= 0.3 is 5.69 Å². The van der Waals surface area contributed by atoms with Gasteiger partial charge in [0.25, 0.3) is 11.5 Å². The summed E-state index contributed by atoms with van der Waals surface area (Å²) in [6.45, 7) is 2.62. The summed E-state index contributed by atoms with van der Waals surface area (Å²) in [6.07, 6.45) is 0.853. The fraction of sp³-hybridized carbons (Fsp3) is 0.308. The first kappa shape index (κ1) is 24.9. The largest absolute Gasteiger partial charge is 0.383 e. The maximum Gasteiger partial charge on any atom is 0.330 e. The Hall–Kier alpha value is -4.18. The van der Waals surface area contributed by atoms with Gasteiger partial charge in [-0.3, -0.25) is 23.9 Å². The third kappa shape index (κ3) is 5.89. The molecule has 36 heavy (non-hydrogen) atoms. The van der Waals surface area contributed by atoms with Crippen LogP contribution in [0.25, 0.3) is 0 Å². The maximum absolute atomic E-state index is 13.2. The molecular formula is C26H29N5O5. The Balaban J connectivity index is 1.62. The Morgan fingerprint density at radius 2 is 1.83 bits per heavy atom. The number of nitrogens with one attached hydrogen (secondary N) is 4. The minimum Gasteiger partial charge on any atom is -0.383 e. The highest BCUT2D eigenvalue weighted by Crippen LogP contribution is 2.38. The van der Waals surface area contributed by atoms with Crippen LogP contribution in [0.1, 0.15) is 29.3 Å². The molecule has 4 rings (SSSR count). The van der Waals surface area contributed by atoms with Crippen molar-refractivity contribution in [3.63, 3.8) is 0 Å². The number of hydrogen-bond acceptors (Lipinski definition) is 6. The van der Waals surface area contributed by atoms with Crippen LogP contribution < -0.4 is 27.2 Å². The first-order chi connectivity index (χ1) is 17.4. The molecule has 1 heterocycles. The molecule has 2 unspecified atom stereocenters. The molecule has 0 aliphatic heterocycles. The van der Waals surface area contributed by atoms with Gasteiger partial charge in [0.15, 0.2) is 0 Å². The number of methoxy groups -OCH3 is 1. The highest BCUT2D eigenvalue weighted by molar-refractivity contribution is 6.06. The molecule has 1 saturated carbocycles. The first-order valence-electron chi connectivity index (χ1n) is 11.7. The van der Waals surface area contributed by atoms with E-state index in [1.54, 1.807) is 24.3 Å². The second-order valence-corrected chi connectivity index (χ2v) is 8.81. The number of carbonyl (C=O) groups excluding carboxylic acids is 2. The summed E-state index contributed by atoms with van der Waals surface area (Å²) in [7, 11) is 1.49. The smallest absolute Gasteiger partial charge is 0.330 e. The minimum atomic E-state index is -0.669. The molecule has 4 N–H and O–H groups in total. The van der Waals surface area contributed by atoms with Crippen molar-refractivity contribution in [3.05, 3.63) is 86.6 Å². The van der Waals surface area contributed by atoms with Crippen molar-refractivity contribution in [2.45, 2.75) is 26.4 Å². The van der Waals surface area contributed by atoms with Gasteiger partial charge in [-0.05, 0) is 36.1 Å². The second-order valence-electron chi connectivity index (χ2n) is 8.81. The zero-order chi connectivity index (χ0) is 25.7. The molecule has 0 bridgehead atoms. The van der Waals surface area contributed by atoms with Gasteiger partial charge in [0.2, 0.25) is 5.91 Å². The summed E-state index contributed by atoms with van der Waals surface area (Å²) in [5.41, 5.74) is 0.400. The van der Waals surface area contributed by atoms with E-state index in [2.05, 4.69) is 20.9 Å². The van der Waals surface area contributed by atoms with E-state index in [1.807, 2.05) is 37.3 Å². The third-order valence-electron chi connectivity index (χ3n) is 6.10. The number of hydrogen-bond donors (Lipinski definition) is 4. The summed E-state index contributed by atoms with van der Waals surface area (Å²) >= 11 is 0. The number of anilines is 3. The van der Waals surface area contributed by atoms with Crippen LogP contribution in [0.5, 0.6) is 0 Å². The monoisotopic (exact) mass is 491 g/mol. The molecule has 1 aliphatic rings. The van der Waals surface area contributed by atoms with Crippen molar-refractivity contribution in [1.82, 2.24) is 9.55 Å². The van der Waals surface area contributed by atoms with Gasteiger partial charge in [0.1, 0.15) is 11.5 Å². The summed E-state index contributed by atoms with van der Waals surface area (Å²) in [5.74, 6) is -0.228. The molecule has 3 aromatic rings. The minimum absolute atomic E-state index is 0.00742. The lowest BCUT2D eigenvalue weighted by Gasteiger charge is -2.18. The Morgan fingerprint density at radius 1 is 1.08 bits per heavy atom. The van der Waals surface area contributed by atoms with Crippen LogP contribution in [0.3, 0.4) is 0 Å². The molecule has 10 heteroatoms. The van der Waals surface area contributed by atoms with E-state index in [0.717, 1.165) is 12.0 Å². The van der Waals surface area contributed by atoms with Crippen molar-refractivity contribution in [1.29, 1.82) is 0 Å². The van der Waals surface area contributed by atoms with Crippen molar-refractivity contribution in [3.8, 4) is 0 Å². The molecule has 2 amide bonds. The van der Waals surface area contributed by atoms with Gasteiger partial charge in [0.05, 0.1) is 13.2 Å².